The molecule has 1 N–H and O–H groups in total. The molecule has 3 aliphatic heterocycles. The van der Waals surface area contributed by atoms with E-state index in [4.69, 9.17) is 9.47 Å². The summed E-state index contributed by atoms with van der Waals surface area (Å²) in [5.74, 6) is -2.60. The second kappa shape index (κ2) is 11.8. The lowest BCUT2D eigenvalue weighted by molar-refractivity contribution is -0.155. The molecule has 8 nitrogen and oxygen atoms in total. The largest absolute Gasteiger partial charge is 0.465 e. The highest BCUT2D eigenvalue weighted by molar-refractivity contribution is 6.05. The van der Waals surface area contributed by atoms with E-state index in [9.17, 15) is 19.5 Å². The number of rotatable bonds is 12. The van der Waals surface area contributed by atoms with Gasteiger partial charge in [-0.25, -0.2) is 0 Å². The Morgan fingerprint density at radius 3 is 2.63 bits per heavy atom. The SMILES string of the molecule is C=CCCOC(=O)[C@@H]1[C@H]2C(=O)N([C@@H](CO)CC(C)C)C(C(=O)N(CC=C)c3ccc4ccccc4c3)C23CC[C@H]1O3. The lowest BCUT2D eigenvalue weighted by Gasteiger charge is -2.39. The lowest BCUT2D eigenvalue weighted by atomic mass is 9.70. The Kier molecular flexibility index (Phi) is 8.34. The summed E-state index contributed by atoms with van der Waals surface area (Å²) in [6.07, 6.45) is 4.86. The predicted octanol–water partition coefficient (Wildman–Crippen LogP) is 4.26. The molecule has 0 radical (unpaired) electrons. The molecule has 0 aliphatic carbocycles. The van der Waals surface area contributed by atoms with Crippen molar-refractivity contribution in [3.05, 3.63) is 67.8 Å². The molecule has 218 valence electrons. The van der Waals surface area contributed by atoms with Crippen molar-refractivity contribution in [2.75, 3.05) is 24.7 Å². The summed E-state index contributed by atoms with van der Waals surface area (Å²) >= 11 is 0. The van der Waals surface area contributed by atoms with Crippen molar-refractivity contribution in [2.45, 2.75) is 63.3 Å². The van der Waals surface area contributed by atoms with Crippen molar-refractivity contribution < 1.29 is 29.0 Å². The number of ether oxygens (including phenoxy) is 2. The molecule has 2 aromatic rings. The number of anilines is 1. The van der Waals surface area contributed by atoms with Gasteiger partial charge in [-0.1, -0.05) is 56.3 Å². The first-order valence-electron chi connectivity index (χ1n) is 14.6. The van der Waals surface area contributed by atoms with E-state index >= 15 is 0 Å². The van der Waals surface area contributed by atoms with E-state index in [0.29, 0.717) is 31.4 Å². The second-order valence-electron chi connectivity index (χ2n) is 11.8. The van der Waals surface area contributed by atoms with Crippen LogP contribution in [0.15, 0.2) is 67.8 Å². The monoisotopic (exact) mass is 560 g/mol. The summed E-state index contributed by atoms with van der Waals surface area (Å²) in [5.41, 5.74) is -0.500. The fraction of sp³-hybridized carbons (Fsp3) is 0.485. The first-order chi connectivity index (χ1) is 19.8. The van der Waals surface area contributed by atoms with Crippen LogP contribution in [0.4, 0.5) is 5.69 Å². The standard InChI is InChI=1S/C33H40N2O6/c1-5-7-17-40-32(39)27-26-14-15-33(41-26)28(27)30(37)35(25(20-36)18-21(3)4)29(33)31(38)34(16-6-2)24-13-12-22-10-8-9-11-23(22)19-24/h5-6,8-13,19,21,25-29,36H,1-2,7,14-18,20H2,3-4H3/t25-,26-,27+,28+,29?,33?/m1/s1. The third kappa shape index (κ3) is 4.97. The molecule has 2 aromatic carbocycles. The van der Waals surface area contributed by atoms with Crippen LogP contribution in [0.2, 0.25) is 0 Å². The van der Waals surface area contributed by atoms with E-state index in [-0.39, 0.29) is 37.5 Å². The number of fused-ring (bicyclic) bond motifs is 2. The van der Waals surface area contributed by atoms with Crippen LogP contribution >= 0.6 is 0 Å². The van der Waals surface area contributed by atoms with E-state index in [1.165, 1.54) is 4.90 Å². The third-order valence-electron chi connectivity index (χ3n) is 8.78. The second-order valence-corrected chi connectivity index (χ2v) is 11.8. The number of esters is 1. The molecule has 2 amide bonds. The Bertz CT molecular complexity index is 1340. The molecule has 8 heteroatoms. The molecular formula is C33H40N2O6. The maximum atomic E-state index is 14.7. The van der Waals surface area contributed by atoms with Gasteiger partial charge in [-0.15, -0.1) is 13.2 Å². The van der Waals surface area contributed by atoms with Gasteiger partial charge < -0.3 is 24.4 Å². The van der Waals surface area contributed by atoms with E-state index < -0.39 is 41.6 Å². The van der Waals surface area contributed by atoms with Crippen LogP contribution < -0.4 is 4.90 Å². The Morgan fingerprint density at radius 1 is 1.20 bits per heavy atom. The van der Waals surface area contributed by atoms with Gasteiger partial charge in [-0.3, -0.25) is 14.4 Å². The number of nitrogens with zero attached hydrogens (tertiary/aromatic N) is 2. The van der Waals surface area contributed by atoms with Gasteiger partial charge in [0, 0.05) is 12.2 Å². The highest BCUT2D eigenvalue weighted by Gasteiger charge is 2.75. The molecule has 0 aromatic heterocycles. The van der Waals surface area contributed by atoms with Crippen molar-refractivity contribution in [3.63, 3.8) is 0 Å². The Labute approximate surface area is 241 Å². The quantitative estimate of drug-likeness (QED) is 0.237. The van der Waals surface area contributed by atoms with Crippen molar-refractivity contribution in [3.8, 4) is 0 Å². The minimum atomic E-state index is -1.18. The van der Waals surface area contributed by atoms with Gasteiger partial charge in [0.2, 0.25) is 5.91 Å². The van der Waals surface area contributed by atoms with Gasteiger partial charge in [-0.2, -0.15) is 0 Å². The number of amides is 2. The maximum absolute atomic E-state index is 14.7. The van der Waals surface area contributed by atoms with Crippen LogP contribution in [0, 0.1) is 17.8 Å². The number of aliphatic hydroxyl groups is 1. The maximum Gasteiger partial charge on any atom is 0.312 e. The van der Waals surface area contributed by atoms with Gasteiger partial charge in [0.1, 0.15) is 11.6 Å². The van der Waals surface area contributed by atoms with Gasteiger partial charge in [0.15, 0.2) is 0 Å². The predicted molar refractivity (Wildman–Crippen MR) is 157 cm³/mol. The highest BCUT2D eigenvalue weighted by atomic mass is 16.6. The average molecular weight is 561 g/mol. The first-order valence-corrected chi connectivity index (χ1v) is 14.6. The first kappa shape index (κ1) is 29.0. The lowest BCUT2D eigenvalue weighted by Crippen LogP contribution is -2.59. The molecule has 3 heterocycles. The van der Waals surface area contributed by atoms with Crippen LogP contribution in [-0.4, -0.2) is 71.3 Å². The van der Waals surface area contributed by atoms with Gasteiger partial charge in [0.25, 0.3) is 5.91 Å². The number of carbonyl (C=O) groups excluding carboxylic acids is 3. The molecule has 3 fully saturated rings. The summed E-state index contributed by atoms with van der Waals surface area (Å²) in [5, 5.41) is 12.5. The van der Waals surface area contributed by atoms with Crippen LogP contribution in [0.25, 0.3) is 10.8 Å². The molecule has 41 heavy (non-hydrogen) atoms. The topological polar surface area (TPSA) is 96.4 Å². The molecule has 3 aliphatic rings. The van der Waals surface area contributed by atoms with Crippen LogP contribution in [0.5, 0.6) is 0 Å². The smallest absolute Gasteiger partial charge is 0.312 e. The normalized spacial score (nSPS) is 27.2. The summed E-state index contributed by atoms with van der Waals surface area (Å²) in [4.78, 5) is 45.6. The molecule has 2 bridgehead atoms. The summed E-state index contributed by atoms with van der Waals surface area (Å²) in [6.45, 7) is 11.7. The van der Waals surface area contributed by atoms with Crippen molar-refractivity contribution >= 4 is 34.2 Å². The molecule has 0 saturated carbocycles. The number of hydrogen-bond donors (Lipinski definition) is 1. The molecule has 1 spiro atoms. The van der Waals surface area contributed by atoms with Crippen LogP contribution in [0.3, 0.4) is 0 Å². The number of hydrogen-bond acceptors (Lipinski definition) is 6. The molecule has 6 atom stereocenters. The van der Waals surface area contributed by atoms with Crippen LogP contribution in [0.1, 0.15) is 39.5 Å². The van der Waals surface area contributed by atoms with E-state index in [0.717, 1.165) is 10.8 Å². The Balaban J connectivity index is 1.58. The van der Waals surface area contributed by atoms with E-state index in [1.807, 2.05) is 56.3 Å². The van der Waals surface area contributed by atoms with Gasteiger partial charge >= 0.3 is 5.97 Å². The number of aliphatic hydroxyl groups excluding tert-OH is 1. The molecule has 2 unspecified atom stereocenters. The van der Waals surface area contributed by atoms with Gasteiger partial charge in [0.05, 0.1) is 37.2 Å². The van der Waals surface area contributed by atoms with Crippen LogP contribution in [-0.2, 0) is 23.9 Å². The highest BCUT2D eigenvalue weighted by Crippen LogP contribution is 2.59. The van der Waals surface area contributed by atoms with Crippen molar-refractivity contribution in [1.82, 2.24) is 4.90 Å². The minimum absolute atomic E-state index is 0.162. The van der Waals surface area contributed by atoms with E-state index in [1.54, 1.807) is 17.1 Å². The molecule has 3 saturated heterocycles. The minimum Gasteiger partial charge on any atom is -0.465 e. The zero-order valence-electron chi connectivity index (χ0n) is 23.9. The number of likely N-dealkylation sites (tertiary alicyclic amines) is 1. The summed E-state index contributed by atoms with van der Waals surface area (Å²) in [7, 11) is 0. The fourth-order valence-electron chi connectivity index (χ4n) is 7.13. The average Bonchev–Trinajstić information content (AvgIpc) is 3.61. The zero-order chi connectivity index (χ0) is 29.3. The zero-order valence-corrected chi connectivity index (χ0v) is 23.9. The Morgan fingerprint density at radius 2 is 1.95 bits per heavy atom. The van der Waals surface area contributed by atoms with E-state index in [2.05, 4.69) is 13.2 Å². The fourth-order valence-corrected chi connectivity index (χ4v) is 7.13. The number of benzene rings is 2. The summed E-state index contributed by atoms with van der Waals surface area (Å²) < 4.78 is 12.1. The molecule has 5 rings (SSSR count). The van der Waals surface area contributed by atoms with Crippen molar-refractivity contribution in [1.29, 1.82) is 0 Å². The van der Waals surface area contributed by atoms with Gasteiger partial charge in [-0.05, 0) is 54.5 Å². The Hall–Kier alpha value is -3.49. The third-order valence-corrected chi connectivity index (χ3v) is 8.78. The molecular weight excluding hydrogens is 520 g/mol. The summed E-state index contributed by atoms with van der Waals surface area (Å²) in [6, 6.07) is 12.1. The number of carbonyl (C=O) groups is 3. The van der Waals surface area contributed by atoms with Crippen molar-refractivity contribution in [2.24, 2.45) is 17.8 Å².